The lowest BCUT2D eigenvalue weighted by atomic mass is 9.89. The molecule has 0 aliphatic heterocycles. The quantitative estimate of drug-likeness (QED) is 0.770. The maximum Gasteiger partial charge on any atom is 0.258 e. The van der Waals surface area contributed by atoms with E-state index in [0.29, 0.717) is 5.75 Å². The van der Waals surface area contributed by atoms with E-state index in [-0.39, 0.29) is 29.9 Å². The molecule has 0 radical (unpaired) electrons. The van der Waals surface area contributed by atoms with Crippen molar-refractivity contribution in [1.29, 1.82) is 0 Å². The van der Waals surface area contributed by atoms with Crippen LogP contribution in [-0.2, 0) is 17.6 Å². The Morgan fingerprint density at radius 1 is 1.11 bits per heavy atom. The molecule has 0 heterocycles. The van der Waals surface area contributed by atoms with Crippen LogP contribution in [-0.4, -0.2) is 25.5 Å². The fraction of sp³-hybridized carbons (Fsp3) is 0.364. The fourth-order valence-corrected chi connectivity index (χ4v) is 3.49. The molecule has 1 aliphatic rings. The second-order valence-corrected chi connectivity index (χ2v) is 7.04. The number of fused-ring (bicyclic) bond motifs is 1. The Morgan fingerprint density at radius 2 is 1.86 bits per heavy atom. The lowest BCUT2D eigenvalue weighted by Crippen LogP contribution is -2.31. The van der Waals surface area contributed by atoms with Crippen LogP contribution >= 0.6 is 0 Å². The van der Waals surface area contributed by atoms with Crippen LogP contribution in [0.3, 0.4) is 0 Å². The van der Waals surface area contributed by atoms with Crippen molar-refractivity contribution in [2.24, 2.45) is 5.73 Å². The maximum atomic E-state index is 12.3. The molecule has 3 N–H and O–H groups in total. The molecular formula is C22H26N2O4. The molecule has 2 amide bonds. The highest BCUT2D eigenvalue weighted by Gasteiger charge is 2.16. The molecular weight excluding hydrogens is 356 g/mol. The van der Waals surface area contributed by atoms with Crippen molar-refractivity contribution < 1.29 is 19.1 Å². The van der Waals surface area contributed by atoms with Gasteiger partial charge in [-0.15, -0.1) is 0 Å². The Morgan fingerprint density at radius 3 is 2.57 bits per heavy atom. The fourth-order valence-electron chi connectivity index (χ4n) is 3.49. The maximum absolute atomic E-state index is 12.3. The molecule has 0 saturated heterocycles. The van der Waals surface area contributed by atoms with Gasteiger partial charge in [-0.3, -0.25) is 9.59 Å². The number of ether oxygens (including phenoxy) is 2. The van der Waals surface area contributed by atoms with Gasteiger partial charge in [-0.2, -0.15) is 0 Å². The van der Waals surface area contributed by atoms with Crippen LogP contribution in [0.25, 0.3) is 0 Å². The van der Waals surface area contributed by atoms with Crippen LogP contribution < -0.4 is 20.5 Å². The largest absolute Gasteiger partial charge is 0.497 e. The summed E-state index contributed by atoms with van der Waals surface area (Å²) in [6, 6.07) is 11.0. The lowest BCUT2D eigenvalue weighted by molar-refractivity contribution is -0.123. The Bertz CT molecular complexity index is 879. The molecule has 1 atom stereocenters. The number of amides is 2. The minimum Gasteiger partial charge on any atom is -0.497 e. The van der Waals surface area contributed by atoms with Gasteiger partial charge in [0, 0.05) is 6.07 Å². The summed E-state index contributed by atoms with van der Waals surface area (Å²) < 4.78 is 10.7. The van der Waals surface area contributed by atoms with Crippen LogP contribution in [0.15, 0.2) is 36.4 Å². The summed E-state index contributed by atoms with van der Waals surface area (Å²) in [4.78, 5) is 23.9. The molecule has 6 nitrogen and oxygen atoms in total. The second kappa shape index (κ2) is 8.78. The van der Waals surface area contributed by atoms with Crippen LogP contribution in [0.4, 0.5) is 0 Å². The number of hydrogen-bond acceptors (Lipinski definition) is 4. The number of aryl methyl sites for hydroxylation is 2. The van der Waals surface area contributed by atoms with Gasteiger partial charge < -0.3 is 20.5 Å². The van der Waals surface area contributed by atoms with Gasteiger partial charge in [-0.05, 0) is 61.4 Å². The van der Waals surface area contributed by atoms with Gasteiger partial charge in [0.1, 0.15) is 11.5 Å². The molecule has 0 spiro atoms. The predicted molar refractivity (Wildman–Crippen MR) is 107 cm³/mol. The Kier molecular flexibility index (Phi) is 6.19. The average molecular weight is 382 g/mol. The summed E-state index contributed by atoms with van der Waals surface area (Å²) in [5.41, 5.74) is 9.44. The second-order valence-electron chi connectivity index (χ2n) is 7.04. The first-order valence-corrected chi connectivity index (χ1v) is 9.49. The van der Waals surface area contributed by atoms with E-state index in [4.69, 9.17) is 15.2 Å². The Hall–Kier alpha value is -3.02. The third-order valence-electron chi connectivity index (χ3n) is 5.06. The summed E-state index contributed by atoms with van der Waals surface area (Å²) in [6.45, 7) is 1.73. The summed E-state index contributed by atoms with van der Waals surface area (Å²) in [5, 5.41) is 2.94. The molecule has 148 valence electrons. The zero-order valence-corrected chi connectivity index (χ0v) is 16.3. The van der Waals surface area contributed by atoms with Gasteiger partial charge in [0.15, 0.2) is 6.61 Å². The van der Waals surface area contributed by atoms with Gasteiger partial charge in [0.2, 0.25) is 0 Å². The first-order chi connectivity index (χ1) is 13.5. The lowest BCUT2D eigenvalue weighted by Gasteiger charge is -2.20. The topological polar surface area (TPSA) is 90.7 Å². The highest BCUT2D eigenvalue weighted by molar-refractivity contribution is 5.96. The Balaban J connectivity index is 1.62. The van der Waals surface area contributed by atoms with E-state index < -0.39 is 5.91 Å². The third kappa shape index (κ3) is 4.63. The number of rotatable bonds is 7. The minimum absolute atomic E-state index is 0.135. The van der Waals surface area contributed by atoms with E-state index in [9.17, 15) is 9.59 Å². The smallest absolute Gasteiger partial charge is 0.258 e. The monoisotopic (exact) mass is 382 g/mol. The van der Waals surface area contributed by atoms with Gasteiger partial charge in [-0.25, -0.2) is 0 Å². The van der Waals surface area contributed by atoms with Crippen molar-refractivity contribution in [3.8, 4) is 11.5 Å². The normalized spacial score (nSPS) is 13.9. The molecule has 0 bridgehead atoms. The van der Waals surface area contributed by atoms with Gasteiger partial charge in [0.05, 0.1) is 18.7 Å². The molecule has 2 aromatic carbocycles. The van der Waals surface area contributed by atoms with Crippen molar-refractivity contribution >= 4 is 11.8 Å². The molecule has 1 aliphatic carbocycles. The summed E-state index contributed by atoms with van der Waals surface area (Å²) in [7, 11) is 1.51. The number of carbonyl (C=O) groups is 2. The predicted octanol–water partition coefficient (Wildman–Crippen LogP) is 2.93. The number of carbonyl (C=O) groups excluding carboxylic acids is 2. The number of benzene rings is 2. The molecule has 0 fully saturated rings. The van der Waals surface area contributed by atoms with E-state index in [0.717, 1.165) is 18.4 Å². The van der Waals surface area contributed by atoms with Crippen molar-refractivity contribution in [1.82, 2.24) is 5.32 Å². The van der Waals surface area contributed by atoms with Crippen molar-refractivity contribution in [2.45, 2.75) is 38.6 Å². The Labute approximate surface area is 165 Å². The van der Waals surface area contributed by atoms with Crippen LogP contribution in [0.1, 0.15) is 52.9 Å². The first kappa shape index (κ1) is 19.7. The standard InChI is InChI=1S/C22H26N2O4/c1-14(16-8-7-15-5-3-4-6-17(15)11-16)24-21(25)13-28-20-12-18(27-2)9-10-19(20)22(23)26/h7-12,14H,3-6,13H2,1-2H3,(H2,23,26)(H,24,25)/t14-/m0/s1. The van der Waals surface area contributed by atoms with E-state index in [1.165, 1.54) is 37.1 Å². The van der Waals surface area contributed by atoms with Crippen molar-refractivity contribution in [3.05, 3.63) is 58.7 Å². The number of nitrogens with two attached hydrogens (primary N) is 1. The van der Waals surface area contributed by atoms with Crippen molar-refractivity contribution in [3.63, 3.8) is 0 Å². The van der Waals surface area contributed by atoms with Gasteiger partial charge in [0.25, 0.3) is 11.8 Å². The first-order valence-electron chi connectivity index (χ1n) is 9.49. The van der Waals surface area contributed by atoms with E-state index in [2.05, 4.69) is 23.5 Å². The number of nitrogens with one attached hydrogen (secondary N) is 1. The van der Waals surface area contributed by atoms with E-state index >= 15 is 0 Å². The zero-order chi connectivity index (χ0) is 20.1. The van der Waals surface area contributed by atoms with Crippen LogP contribution in [0.5, 0.6) is 11.5 Å². The summed E-state index contributed by atoms with van der Waals surface area (Å²) >= 11 is 0. The molecule has 3 rings (SSSR count). The minimum atomic E-state index is -0.625. The third-order valence-corrected chi connectivity index (χ3v) is 5.06. The molecule has 28 heavy (non-hydrogen) atoms. The number of methoxy groups -OCH3 is 1. The van der Waals surface area contributed by atoms with Gasteiger partial charge >= 0.3 is 0 Å². The molecule has 2 aromatic rings. The molecule has 0 aromatic heterocycles. The highest BCUT2D eigenvalue weighted by atomic mass is 16.5. The van der Waals surface area contributed by atoms with E-state index in [1.807, 2.05) is 6.92 Å². The SMILES string of the molecule is COc1ccc(C(N)=O)c(OCC(=O)N[C@@H](C)c2ccc3c(c2)CCCC3)c1. The molecule has 6 heteroatoms. The van der Waals surface area contributed by atoms with Crippen molar-refractivity contribution in [2.75, 3.05) is 13.7 Å². The molecule has 0 saturated carbocycles. The van der Waals surface area contributed by atoms with Gasteiger partial charge in [-0.1, -0.05) is 18.2 Å². The summed E-state index contributed by atoms with van der Waals surface area (Å²) in [6.07, 6.45) is 4.69. The highest BCUT2D eigenvalue weighted by Crippen LogP contribution is 2.26. The number of primary amides is 1. The van der Waals surface area contributed by atoms with Crippen LogP contribution in [0, 0.1) is 0 Å². The molecule has 0 unspecified atom stereocenters. The average Bonchev–Trinajstić information content (AvgIpc) is 2.71. The zero-order valence-electron chi connectivity index (χ0n) is 16.3. The van der Waals surface area contributed by atoms with Crippen LogP contribution in [0.2, 0.25) is 0 Å². The summed E-state index contributed by atoms with van der Waals surface area (Å²) in [5.74, 6) is -0.157. The van der Waals surface area contributed by atoms with E-state index in [1.54, 1.807) is 12.1 Å². The number of hydrogen-bond donors (Lipinski definition) is 2.